The normalized spacial score (nSPS) is 11.5. The van der Waals surface area contributed by atoms with Crippen LogP contribution < -0.4 is 5.63 Å². The van der Waals surface area contributed by atoms with Crippen LogP contribution in [0.5, 0.6) is 0 Å². The fourth-order valence-electron chi connectivity index (χ4n) is 1.66. The summed E-state index contributed by atoms with van der Waals surface area (Å²) in [5, 5.41) is 0.307. The van der Waals surface area contributed by atoms with Crippen LogP contribution in [0.4, 0.5) is 0 Å². The third-order valence-corrected chi connectivity index (χ3v) is 3.73. The average Bonchev–Trinajstić information content (AvgIpc) is 2.37. The number of sulfone groups is 1. The third-order valence-electron chi connectivity index (χ3n) is 2.62. The second-order valence-corrected chi connectivity index (χ2v) is 5.92. The van der Waals surface area contributed by atoms with Crippen molar-refractivity contribution in [3.05, 3.63) is 40.4 Å². The first-order valence-corrected chi connectivity index (χ1v) is 7.07. The van der Waals surface area contributed by atoms with Gasteiger partial charge in [-0.1, -0.05) is 0 Å². The van der Waals surface area contributed by atoms with E-state index in [1.54, 1.807) is 0 Å². The summed E-state index contributed by atoms with van der Waals surface area (Å²) in [4.78, 5) is 23.1. The monoisotopic (exact) mass is 282 g/mol. The Morgan fingerprint density at radius 2 is 1.95 bits per heavy atom. The molecule has 1 heterocycles. The lowest BCUT2D eigenvalue weighted by Gasteiger charge is -2.05. The number of methoxy groups -OCH3 is 1. The maximum atomic E-state index is 11.6. The van der Waals surface area contributed by atoms with Gasteiger partial charge in [-0.05, 0) is 18.2 Å². The number of hydrogen-bond acceptors (Lipinski definition) is 6. The average molecular weight is 282 g/mol. The number of rotatable bonds is 2. The van der Waals surface area contributed by atoms with Gasteiger partial charge in [-0.15, -0.1) is 0 Å². The minimum atomic E-state index is -3.44. The molecule has 0 aliphatic rings. The Balaban J connectivity index is 2.89. The van der Waals surface area contributed by atoms with Gasteiger partial charge < -0.3 is 9.15 Å². The Morgan fingerprint density at radius 3 is 2.53 bits per heavy atom. The van der Waals surface area contributed by atoms with Crippen LogP contribution >= 0.6 is 0 Å². The van der Waals surface area contributed by atoms with Crippen molar-refractivity contribution in [1.82, 2.24) is 0 Å². The highest BCUT2D eigenvalue weighted by molar-refractivity contribution is 7.90. The highest BCUT2D eigenvalue weighted by atomic mass is 32.2. The molecule has 7 heteroatoms. The van der Waals surface area contributed by atoms with Crippen LogP contribution in [-0.2, 0) is 14.6 Å². The summed E-state index contributed by atoms with van der Waals surface area (Å²) in [5.74, 6) is -0.709. The molecule has 0 aliphatic carbocycles. The van der Waals surface area contributed by atoms with Crippen molar-refractivity contribution in [2.75, 3.05) is 13.4 Å². The quantitative estimate of drug-likeness (QED) is 0.763. The zero-order chi connectivity index (χ0) is 14.2. The largest absolute Gasteiger partial charge is 0.465 e. The van der Waals surface area contributed by atoms with E-state index < -0.39 is 21.4 Å². The second kappa shape index (κ2) is 4.51. The summed E-state index contributed by atoms with van der Waals surface area (Å²) in [6, 6.07) is 3.85. The molecule has 1 aromatic carbocycles. The smallest absolute Gasteiger partial charge is 0.343 e. The number of carbonyl (C=O) groups excluding carboxylic acids is 1. The highest BCUT2D eigenvalue weighted by Crippen LogP contribution is 2.21. The molecule has 0 saturated heterocycles. The lowest BCUT2D eigenvalue weighted by atomic mass is 10.1. The van der Waals surface area contributed by atoms with E-state index in [9.17, 15) is 18.0 Å². The lowest BCUT2D eigenvalue weighted by Crippen LogP contribution is -2.08. The SMILES string of the molecule is COC(=O)c1coc(=O)c2ccc(S(C)(=O)=O)cc12. The van der Waals surface area contributed by atoms with Gasteiger partial charge in [-0.2, -0.15) is 0 Å². The van der Waals surface area contributed by atoms with Gasteiger partial charge in [0.25, 0.3) is 0 Å². The van der Waals surface area contributed by atoms with Gasteiger partial charge in [0.15, 0.2) is 9.84 Å². The molecular formula is C12H10O6S. The molecular weight excluding hydrogens is 272 g/mol. The van der Waals surface area contributed by atoms with Crippen molar-refractivity contribution < 1.29 is 22.4 Å². The standard InChI is InChI=1S/C12H10O6S/c1-17-11(13)10-6-18-12(14)8-4-3-7(5-9(8)10)19(2,15)16/h3-6H,1-2H3. The Kier molecular flexibility index (Phi) is 3.15. The fourth-order valence-corrected chi connectivity index (χ4v) is 2.31. The number of hydrogen-bond donors (Lipinski definition) is 0. The molecule has 2 aromatic rings. The molecule has 100 valence electrons. The van der Waals surface area contributed by atoms with Gasteiger partial charge in [0.1, 0.15) is 11.8 Å². The molecule has 0 spiro atoms. The van der Waals surface area contributed by atoms with Crippen LogP contribution in [0.15, 0.2) is 38.6 Å². The van der Waals surface area contributed by atoms with E-state index in [1.165, 1.54) is 25.3 Å². The van der Waals surface area contributed by atoms with Gasteiger partial charge in [0, 0.05) is 11.6 Å². The van der Waals surface area contributed by atoms with Gasteiger partial charge in [-0.3, -0.25) is 0 Å². The first-order valence-electron chi connectivity index (χ1n) is 5.18. The minimum absolute atomic E-state index is 0.00241. The first-order chi connectivity index (χ1) is 8.84. The van der Waals surface area contributed by atoms with E-state index >= 15 is 0 Å². The van der Waals surface area contributed by atoms with E-state index in [0.717, 1.165) is 12.5 Å². The van der Waals surface area contributed by atoms with Crippen LogP contribution in [0.2, 0.25) is 0 Å². The van der Waals surface area contributed by atoms with E-state index in [-0.39, 0.29) is 21.2 Å². The molecule has 0 bridgehead atoms. The Labute approximate surface area is 108 Å². The molecule has 0 atom stereocenters. The van der Waals surface area contributed by atoms with Crippen LogP contribution in [0.3, 0.4) is 0 Å². The minimum Gasteiger partial charge on any atom is -0.465 e. The summed E-state index contributed by atoms with van der Waals surface area (Å²) in [6.07, 6.45) is 2.00. The molecule has 1 aromatic heterocycles. The van der Waals surface area contributed by atoms with Crippen molar-refractivity contribution >= 4 is 26.6 Å². The summed E-state index contributed by atoms with van der Waals surface area (Å²) in [5.41, 5.74) is -0.648. The molecule has 0 unspecified atom stereocenters. The van der Waals surface area contributed by atoms with Gasteiger partial charge in [0.2, 0.25) is 0 Å². The van der Waals surface area contributed by atoms with Crippen molar-refractivity contribution in [1.29, 1.82) is 0 Å². The molecule has 0 fully saturated rings. The van der Waals surface area contributed by atoms with Crippen LogP contribution in [0, 0.1) is 0 Å². The Bertz CT molecular complexity index is 816. The van der Waals surface area contributed by atoms with Crippen LogP contribution in [0.1, 0.15) is 10.4 Å². The zero-order valence-corrected chi connectivity index (χ0v) is 11.0. The maximum absolute atomic E-state index is 11.6. The predicted molar refractivity (Wildman–Crippen MR) is 66.9 cm³/mol. The number of benzene rings is 1. The van der Waals surface area contributed by atoms with Gasteiger partial charge in [-0.25, -0.2) is 18.0 Å². The van der Waals surface area contributed by atoms with E-state index in [4.69, 9.17) is 4.42 Å². The summed E-state index contributed by atoms with van der Waals surface area (Å²) >= 11 is 0. The lowest BCUT2D eigenvalue weighted by molar-refractivity contribution is 0.0600. The summed E-state index contributed by atoms with van der Waals surface area (Å²) in [6.45, 7) is 0. The topological polar surface area (TPSA) is 90.7 Å². The third kappa shape index (κ3) is 2.37. The van der Waals surface area contributed by atoms with Crippen LogP contribution in [0.25, 0.3) is 10.8 Å². The van der Waals surface area contributed by atoms with Crippen molar-refractivity contribution in [2.24, 2.45) is 0 Å². The molecule has 0 N–H and O–H groups in total. The number of fused-ring (bicyclic) bond motifs is 1. The molecule has 0 aliphatic heterocycles. The molecule has 0 radical (unpaired) electrons. The van der Waals surface area contributed by atoms with E-state index in [0.29, 0.717) is 0 Å². The Hall–Kier alpha value is -2.15. The van der Waals surface area contributed by atoms with Gasteiger partial charge in [0.05, 0.1) is 17.4 Å². The summed E-state index contributed by atoms with van der Waals surface area (Å²) in [7, 11) is -2.26. The molecule has 0 amide bonds. The Morgan fingerprint density at radius 1 is 1.26 bits per heavy atom. The van der Waals surface area contributed by atoms with E-state index in [1.807, 2.05) is 0 Å². The molecule has 19 heavy (non-hydrogen) atoms. The first kappa shape index (κ1) is 13.3. The number of esters is 1. The van der Waals surface area contributed by atoms with Crippen molar-refractivity contribution in [3.63, 3.8) is 0 Å². The van der Waals surface area contributed by atoms with Crippen LogP contribution in [-0.4, -0.2) is 27.8 Å². The van der Waals surface area contributed by atoms with Crippen molar-refractivity contribution in [2.45, 2.75) is 4.90 Å². The highest BCUT2D eigenvalue weighted by Gasteiger charge is 2.16. The number of ether oxygens (including phenoxy) is 1. The fraction of sp³-hybridized carbons (Fsp3) is 0.167. The predicted octanol–water partition coefficient (Wildman–Crippen LogP) is 0.983. The number of carbonyl (C=O) groups is 1. The second-order valence-electron chi connectivity index (χ2n) is 3.91. The molecule has 2 rings (SSSR count). The van der Waals surface area contributed by atoms with Gasteiger partial charge >= 0.3 is 11.6 Å². The zero-order valence-electron chi connectivity index (χ0n) is 10.2. The van der Waals surface area contributed by atoms with Crippen molar-refractivity contribution in [3.8, 4) is 0 Å². The summed E-state index contributed by atoms with van der Waals surface area (Å²) < 4.78 is 32.3. The molecule has 6 nitrogen and oxygen atoms in total. The maximum Gasteiger partial charge on any atom is 0.343 e. The van der Waals surface area contributed by atoms with E-state index in [2.05, 4.69) is 4.74 Å². The molecule has 0 saturated carbocycles.